The Morgan fingerprint density at radius 1 is 1.39 bits per heavy atom. The number of allylic oxidation sites excluding steroid dienone is 1. The van der Waals surface area contributed by atoms with Gasteiger partial charge in [-0.3, -0.25) is 4.90 Å². The molecule has 6 heteroatoms. The zero-order valence-electron chi connectivity index (χ0n) is 14.2. The van der Waals surface area contributed by atoms with E-state index in [0.717, 1.165) is 31.9 Å². The number of aryl methyl sites for hydroxylation is 1. The van der Waals surface area contributed by atoms with Crippen LogP contribution in [0.5, 0.6) is 0 Å². The van der Waals surface area contributed by atoms with Crippen LogP contribution in [0.4, 0.5) is 4.79 Å². The summed E-state index contributed by atoms with van der Waals surface area (Å²) < 4.78 is 2.04. The highest BCUT2D eigenvalue weighted by molar-refractivity contribution is 5.74. The molecule has 126 valence electrons. The summed E-state index contributed by atoms with van der Waals surface area (Å²) in [7, 11) is 4.10. The number of nitrogens with one attached hydrogen (secondary N) is 1. The molecule has 1 aliphatic heterocycles. The molecule has 1 atom stereocenters. The largest absolute Gasteiger partial charge is 0.338 e. The van der Waals surface area contributed by atoms with Crippen molar-refractivity contribution in [2.45, 2.75) is 31.7 Å². The Kier molecular flexibility index (Phi) is 5.00. The Morgan fingerprint density at radius 2 is 2.26 bits per heavy atom. The number of likely N-dealkylation sites (N-methyl/N-ethyl adjacent to an activating group) is 1. The Hall–Kier alpha value is -1.82. The number of nitrogens with zero attached hydrogens (tertiary/aromatic N) is 4. The summed E-state index contributed by atoms with van der Waals surface area (Å²) in [5.41, 5.74) is 1.49. The third kappa shape index (κ3) is 3.75. The zero-order chi connectivity index (χ0) is 16.2. The van der Waals surface area contributed by atoms with E-state index in [1.165, 1.54) is 24.8 Å². The highest BCUT2D eigenvalue weighted by Gasteiger charge is 2.30. The van der Waals surface area contributed by atoms with Crippen molar-refractivity contribution in [3.05, 3.63) is 29.9 Å². The number of hydrogen-bond acceptors (Lipinski definition) is 3. The van der Waals surface area contributed by atoms with Crippen LogP contribution in [0.3, 0.4) is 0 Å². The van der Waals surface area contributed by atoms with Crippen LogP contribution in [0, 0.1) is 0 Å². The highest BCUT2D eigenvalue weighted by Crippen LogP contribution is 2.22. The van der Waals surface area contributed by atoms with Crippen LogP contribution in [0.1, 0.15) is 37.5 Å². The van der Waals surface area contributed by atoms with E-state index in [1.54, 1.807) is 0 Å². The van der Waals surface area contributed by atoms with Crippen molar-refractivity contribution < 1.29 is 4.79 Å². The lowest BCUT2D eigenvalue weighted by Gasteiger charge is -2.38. The summed E-state index contributed by atoms with van der Waals surface area (Å²) in [4.78, 5) is 21.1. The quantitative estimate of drug-likeness (QED) is 0.863. The molecule has 23 heavy (non-hydrogen) atoms. The van der Waals surface area contributed by atoms with E-state index in [1.807, 2.05) is 28.9 Å². The van der Waals surface area contributed by atoms with Crippen molar-refractivity contribution in [3.8, 4) is 0 Å². The van der Waals surface area contributed by atoms with Crippen molar-refractivity contribution in [1.82, 2.24) is 24.7 Å². The molecule has 6 nitrogen and oxygen atoms in total. The van der Waals surface area contributed by atoms with Gasteiger partial charge in [0.25, 0.3) is 0 Å². The molecule has 3 rings (SSSR count). The van der Waals surface area contributed by atoms with Gasteiger partial charge in [0, 0.05) is 45.6 Å². The summed E-state index contributed by atoms with van der Waals surface area (Å²) in [6, 6.07) is 0.211. The summed E-state index contributed by atoms with van der Waals surface area (Å²) >= 11 is 0. The average Bonchev–Trinajstić information content (AvgIpc) is 3.19. The number of carbonyl (C=O) groups is 1. The number of imidazole rings is 1. The number of hydrogen-bond donors (Lipinski definition) is 1. The molecule has 2 amide bonds. The first-order chi connectivity index (χ1) is 11.1. The van der Waals surface area contributed by atoms with E-state index in [9.17, 15) is 4.79 Å². The molecule has 0 saturated carbocycles. The van der Waals surface area contributed by atoms with Gasteiger partial charge in [0.05, 0.1) is 6.04 Å². The fourth-order valence-corrected chi connectivity index (χ4v) is 3.44. The molecule has 2 aliphatic rings. The monoisotopic (exact) mass is 317 g/mol. The lowest BCUT2D eigenvalue weighted by molar-refractivity contribution is 0.104. The van der Waals surface area contributed by atoms with E-state index in [4.69, 9.17) is 0 Å². The Bertz CT molecular complexity index is 579. The fourth-order valence-electron chi connectivity index (χ4n) is 3.44. The number of carbonyl (C=O) groups excluding carboxylic acids is 1. The van der Waals surface area contributed by atoms with Crippen LogP contribution in [0.25, 0.3) is 0 Å². The summed E-state index contributed by atoms with van der Waals surface area (Å²) in [6.45, 7) is 3.07. The van der Waals surface area contributed by atoms with Gasteiger partial charge in [-0.15, -0.1) is 0 Å². The first-order valence-corrected chi connectivity index (χ1v) is 8.53. The standard InChI is InChI=1S/C17H27N5O/c1-20-11-12-22(13-15(20)16-18-9-10-21(16)2)17(23)19-8-7-14-5-3-4-6-14/h5,9-10,15H,3-4,6-8,11-13H2,1-2H3,(H,19,23)/t15-/m0/s1. The second-order valence-electron chi connectivity index (χ2n) is 6.58. The maximum atomic E-state index is 12.4. The molecule has 0 bridgehead atoms. The van der Waals surface area contributed by atoms with E-state index >= 15 is 0 Å². The predicted molar refractivity (Wildman–Crippen MR) is 90.1 cm³/mol. The summed E-state index contributed by atoms with van der Waals surface area (Å²) in [6.07, 6.45) is 10.8. The molecule has 1 aromatic heterocycles. The van der Waals surface area contributed by atoms with Gasteiger partial charge in [-0.1, -0.05) is 11.6 Å². The minimum absolute atomic E-state index is 0.0518. The lowest BCUT2D eigenvalue weighted by Crippen LogP contribution is -2.52. The number of rotatable bonds is 4. The van der Waals surface area contributed by atoms with Gasteiger partial charge in [0.2, 0.25) is 0 Å². The maximum absolute atomic E-state index is 12.4. The Morgan fingerprint density at radius 3 is 2.96 bits per heavy atom. The smallest absolute Gasteiger partial charge is 0.317 e. The van der Waals surface area contributed by atoms with Crippen LogP contribution in [0.2, 0.25) is 0 Å². The molecule has 2 heterocycles. The van der Waals surface area contributed by atoms with Gasteiger partial charge in [-0.05, 0) is 32.7 Å². The predicted octanol–water partition coefficient (Wildman–Crippen LogP) is 1.92. The van der Waals surface area contributed by atoms with Crippen molar-refractivity contribution in [3.63, 3.8) is 0 Å². The lowest BCUT2D eigenvalue weighted by atomic mass is 10.1. The molecular formula is C17H27N5O. The van der Waals surface area contributed by atoms with Gasteiger partial charge >= 0.3 is 6.03 Å². The molecule has 0 spiro atoms. The van der Waals surface area contributed by atoms with Crippen molar-refractivity contribution in [1.29, 1.82) is 0 Å². The second kappa shape index (κ2) is 7.17. The van der Waals surface area contributed by atoms with Gasteiger partial charge < -0.3 is 14.8 Å². The Labute approximate surface area is 138 Å². The number of urea groups is 1. The minimum Gasteiger partial charge on any atom is -0.338 e. The van der Waals surface area contributed by atoms with Gasteiger partial charge in [-0.2, -0.15) is 0 Å². The third-order valence-corrected chi connectivity index (χ3v) is 4.95. The third-order valence-electron chi connectivity index (χ3n) is 4.95. The first-order valence-electron chi connectivity index (χ1n) is 8.53. The molecule has 0 unspecified atom stereocenters. The SMILES string of the molecule is CN1CCN(C(=O)NCCC2=CCCC2)C[C@H]1c1nccn1C. The van der Waals surface area contributed by atoms with Crippen LogP contribution in [-0.2, 0) is 7.05 Å². The first kappa shape index (κ1) is 16.1. The zero-order valence-corrected chi connectivity index (χ0v) is 14.2. The second-order valence-corrected chi connectivity index (χ2v) is 6.58. The number of aromatic nitrogens is 2. The minimum atomic E-state index is 0.0518. The van der Waals surface area contributed by atoms with Gasteiger partial charge in [-0.25, -0.2) is 9.78 Å². The van der Waals surface area contributed by atoms with Gasteiger partial charge in [0.15, 0.2) is 0 Å². The molecule has 1 saturated heterocycles. The number of piperazine rings is 1. The maximum Gasteiger partial charge on any atom is 0.317 e. The van der Waals surface area contributed by atoms with Crippen molar-refractivity contribution in [2.24, 2.45) is 7.05 Å². The normalized spacial score (nSPS) is 22.3. The molecule has 0 aromatic carbocycles. The number of amides is 2. The molecular weight excluding hydrogens is 290 g/mol. The highest BCUT2D eigenvalue weighted by atomic mass is 16.2. The van der Waals surface area contributed by atoms with Crippen LogP contribution in [0.15, 0.2) is 24.0 Å². The van der Waals surface area contributed by atoms with E-state index in [2.05, 4.69) is 28.3 Å². The van der Waals surface area contributed by atoms with Crippen LogP contribution >= 0.6 is 0 Å². The van der Waals surface area contributed by atoms with E-state index in [-0.39, 0.29) is 12.1 Å². The Balaban J connectivity index is 1.53. The van der Waals surface area contributed by atoms with Crippen molar-refractivity contribution in [2.75, 3.05) is 33.2 Å². The van der Waals surface area contributed by atoms with E-state index < -0.39 is 0 Å². The summed E-state index contributed by atoms with van der Waals surface area (Å²) in [5, 5.41) is 3.07. The summed E-state index contributed by atoms with van der Waals surface area (Å²) in [5.74, 6) is 1.01. The molecule has 1 aromatic rings. The molecule has 1 aliphatic carbocycles. The average molecular weight is 317 g/mol. The van der Waals surface area contributed by atoms with Crippen LogP contribution < -0.4 is 5.32 Å². The van der Waals surface area contributed by atoms with Gasteiger partial charge in [0.1, 0.15) is 5.82 Å². The fraction of sp³-hybridized carbons (Fsp3) is 0.647. The molecule has 0 radical (unpaired) electrons. The van der Waals surface area contributed by atoms with Crippen LogP contribution in [-0.4, -0.2) is 58.6 Å². The topological polar surface area (TPSA) is 53.4 Å². The molecule has 1 N–H and O–H groups in total. The van der Waals surface area contributed by atoms with E-state index in [0.29, 0.717) is 6.54 Å². The molecule has 1 fully saturated rings. The van der Waals surface area contributed by atoms with Crippen molar-refractivity contribution >= 4 is 6.03 Å².